The molecule has 10 heteroatoms. The van der Waals surface area contributed by atoms with Crippen LogP contribution in [0.25, 0.3) is 11.3 Å². The molecule has 2 heterocycles. The lowest BCUT2D eigenvalue weighted by Gasteiger charge is -2.16. The number of pyridine rings is 1. The highest BCUT2D eigenvalue weighted by molar-refractivity contribution is 7.67. The molecule has 1 unspecified atom stereocenters. The van der Waals surface area contributed by atoms with Gasteiger partial charge in [-0.3, -0.25) is 14.0 Å². The maximum absolute atomic E-state index is 12.5. The van der Waals surface area contributed by atoms with E-state index in [0.29, 0.717) is 33.5 Å². The normalized spacial score (nSPS) is 11.9. The molecule has 0 aliphatic heterocycles. The number of thiol groups is 1. The largest absolute Gasteiger partial charge is 0.465 e. The lowest BCUT2D eigenvalue weighted by Crippen LogP contribution is -2.23. The van der Waals surface area contributed by atoms with Gasteiger partial charge in [-0.2, -0.15) is 5.10 Å². The summed E-state index contributed by atoms with van der Waals surface area (Å²) in [4.78, 5) is 28.6. The van der Waals surface area contributed by atoms with Crippen molar-refractivity contribution in [3.63, 3.8) is 0 Å². The number of nitrogens with zero attached hydrogens (tertiary/aromatic N) is 3. The Balaban J connectivity index is 1.68. The van der Waals surface area contributed by atoms with E-state index in [-0.39, 0.29) is 12.1 Å². The van der Waals surface area contributed by atoms with Gasteiger partial charge in [0.1, 0.15) is 6.10 Å². The van der Waals surface area contributed by atoms with Crippen LogP contribution in [0.4, 0.5) is 0 Å². The number of benzene rings is 2. The van der Waals surface area contributed by atoms with Crippen LogP contribution in [0, 0.1) is 6.92 Å². The van der Waals surface area contributed by atoms with Gasteiger partial charge in [0, 0.05) is 29.6 Å². The van der Waals surface area contributed by atoms with Crippen molar-refractivity contribution in [2.24, 2.45) is 0 Å². The molecule has 9 nitrogen and oxygen atoms in total. The van der Waals surface area contributed by atoms with Crippen molar-refractivity contribution in [2.45, 2.75) is 19.6 Å². The minimum absolute atomic E-state index is 0.135. The van der Waals surface area contributed by atoms with Crippen LogP contribution in [0.5, 0.6) is 0 Å². The Hall–Kier alpha value is -4.15. The summed E-state index contributed by atoms with van der Waals surface area (Å²) in [7, 11) is -1.83. The molecule has 36 heavy (non-hydrogen) atoms. The maximum atomic E-state index is 12.5. The predicted octanol–water partition coefficient (Wildman–Crippen LogP) is 3.08. The first-order valence-electron chi connectivity index (χ1n) is 10.9. The number of rotatable bonds is 8. The zero-order chi connectivity index (χ0) is 25.7. The molecule has 0 aliphatic carbocycles. The van der Waals surface area contributed by atoms with Crippen LogP contribution in [0.3, 0.4) is 0 Å². The Kier molecular flexibility index (Phi) is 7.67. The van der Waals surface area contributed by atoms with E-state index < -0.39 is 23.1 Å². The number of methoxy groups -OCH3 is 1. The fourth-order valence-electron chi connectivity index (χ4n) is 3.69. The average molecular weight is 506 g/mol. The zero-order valence-corrected chi connectivity index (χ0v) is 20.4. The number of carbonyl (C=O) groups excluding carboxylic acids is 1. The van der Waals surface area contributed by atoms with Crippen LogP contribution in [0.1, 0.15) is 38.7 Å². The fourth-order valence-corrected chi connectivity index (χ4v) is 4.10. The Morgan fingerprint density at radius 1 is 1.00 bits per heavy atom. The second-order valence-electron chi connectivity index (χ2n) is 8.03. The molecule has 0 bridgehead atoms. The second kappa shape index (κ2) is 11.1. The Morgan fingerprint density at radius 2 is 1.78 bits per heavy atom. The van der Waals surface area contributed by atoms with Crippen molar-refractivity contribution in [3.8, 4) is 11.3 Å². The van der Waals surface area contributed by atoms with Gasteiger partial charge in [-0.05, 0) is 42.3 Å². The number of ether oxygens (including phenoxy) is 1. The van der Waals surface area contributed by atoms with Gasteiger partial charge in [0.05, 0.1) is 24.9 Å². The van der Waals surface area contributed by atoms with Crippen molar-refractivity contribution in [2.75, 3.05) is 7.11 Å². The Labute approximate surface area is 209 Å². The molecule has 0 spiro atoms. The van der Waals surface area contributed by atoms with Gasteiger partial charge >= 0.3 is 5.97 Å². The van der Waals surface area contributed by atoms with E-state index in [0.717, 1.165) is 5.56 Å². The molecule has 0 radical (unpaired) electrons. The lowest BCUT2D eigenvalue weighted by molar-refractivity contribution is 0.0600. The first-order chi connectivity index (χ1) is 17.3. The number of hydrogen-bond acceptors (Lipinski definition) is 8. The molecular formula is C26H23N3O6S. The molecule has 2 aromatic heterocycles. The van der Waals surface area contributed by atoms with Crippen LogP contribution in [0.2, 0.25) is 0 Å². The third-order valence-corrected chi connectivity index (χ3v) is 5.86. The van der Waals surface area contributed by atoms with Gasteiger partial charge in [0.25, 0.3) is 16.5 Å². The first kappa shape index (κ1) is 25.0. The van der Waals surface area contributed by atoms with E-state index in [2.05, 4.69) is 10.1 Å². The molecule has 4 rings (SSSR count). The van der Waals surface area contributed by atoms with Crippen molar-refractivity contribution >= 4 is 17.0 Å². The van der Waals surface area contributed by atoms with Crippen molar-refractivity contribution in [1.29, 1.82) is 0 Å². The lowest BCUT2D eigenvalue weighted by atomic mass is 10.0. The summed E-state index contributed by atoms with van der Waals surface area (Å²) in [6.45, 7) is 2.07. The van der Waals surface area contributed by atoms with Crippen LogP contribution in [-0.4, -0.2) is 36.3 Å². The van der Waals surface area contributed by atoms with E-state index >= 15 is 0 Å². The molecule has 4 aromatic rings. The van der Waals surface area contributed by atoms with Gasteiger partial charge in [0.15, 0.2) is 0 Å². The summed E-state index contributed by atoms with van der Waals surface area (Å²) in [5.41, 5.74) is 3.98. The average Bonchev–Trinajstić information content (AvgIpc) is 2.89. The van der Waals surface area contributed by atoms with Gasteiger partial charge in [0.2, 0.25) is 0 Å². The quantitative estimate of drug-likeness (QED) is 0.287. The van der Waals surface area contributed by atoms with E-state index in [9.17, 15) is 18.0 Å². The standard InChI is InChI=1S/C26H23N3O6S/c1-17-6-8-19(9-7-17)25(35-36(32)33)22-13-21(14-27-15-22)23-10-11-24(30)29(28-23)16-18-4-3-5-20(12-18)26(31)34-2/h3-15,25,36H,16H2,1-2H3. The number of aromatic nitrogens is 3. The minimum atomic E-state index is -3.13. The molecule has 0 amide bonds. The monoisotopic (exact) mass is 505 g/mol. The smallest absolute Gasteiger partial charge is 0.337 e. The highest BCUT2D eigenvalue weighted by Crippen LogP contribution is 2.28. The van der Waals surface area contributed by atoms with Gasteiger partial charge < -0.3 is 4.74 Å². The van der Waals surface area contributed by atoms with Gasteiger partial charge in [-0.1, -0.05) is 42.0 Å². The molecule has 0 N–H and O–H groups in total. The number of hydrogen-bond donors (Lipinski definition) is 1. The molecule has 1 atom stereocenters. The first-order valence-corrected chi connectivity index (χ1v) is 12.0. The van der Waals surface area contributed by atoms with Crippen LogP contribution in [0.15, 0.2) is 83.9 Å². The van der Waals surface area contributed by atoms with E-state index in [4.69, 9.17) is 8.92 Å². The summed E-state index contributed by atoms with van der Waals surface area (Å²) in [6, 6.07) is 18.8. The molecule has 0 saturated carbocycles. The Bertz CT molecular complexity index is 1520. The highest BCUT2D eigenvalue weighted by Gasteiger charge is 2.18. The second-order valence-corrected chi connectivity index (χ2v) is 8.69. The molecule has 0 saturated heterocycles. The number of aryl methyl sites for hydroxylation is 1. The summed E-state index contributed by atoms with van der Waals surface area (Å²) in [5, 5.41) is 4.47. The van der Waals surface area contributed by atoms with Crippen LogP contribution < -0.4 is 5.56 Å². The molecule has 0 aliphatic rings. The minimum Gasteiger partial charge on any atom is -0.465 e. The maximum Gasteiger partial charge on any atom is 0.337 e. The molecular weight excluding hydrogens is 482 g/mol. The third kappa shape index (κ3) is 5.91. The molecule has 184 valence electrons. The zero-order valence-electron chi connectivity index (χ0n) is 19.5. The molecule has 0 fully saturated rings. The number of esters is 1. The van der Waals surface area contributed by atoms with Crippen molar-refractivity contribution in [3.05, 3.63) is 117 Å². The summed E-state index contributed by atoms with van der Waals surface area (Å²) in [6.07, 6.45) is 2.22. The highest BCUT2D eigenvalue weighted by atomic mass is 32.2. The fraction of sp³-hybridized carbons (Fsp3) is 0.154. The van der Waals surface area contributed by atoms with E-state index in [1.807, 2.05) is 19.1 Å². The summed E-state index contributed by atoms with van der Waals surface area (Å²) < 4.78 is 34.1. The van der Waals surface area contributed by atoms with Gasteiger partial charge in [-0.25, -0.2) is 17.9 Å². The topological polar surface area (TPSA) is 117 Å². The van der Waals surface area contributed by atoms with E-state index in [1.54, 1.807) is 54.7 Å². The SMILES string of the molecule is COC(=O)c1cccc(Cn2nc(-c3cncc(C(O[SH](=O)=O)c4ccc(C)cc4)c3)ccc2=O)c1. The van der Waals surface area contributed by atoms with Crippen molar-refractivity contribution < 1.29 is 22.1 Å². The third-order valence-electron chi connectivity index (χ3n) is 5.48. The predicted molar refractivity (Wildman–Crippen MR) is 133 cm³/mol. The molecule has 2 aromatic carbocycles. The summed E-state index contributed by atoms with van der Waals surface area (Å²) in [5.74, 6) is -0.473. The summed E-state index contributed by atoms with van der Waals surface area (Å²) >= 11 is 0. The van der Waals surface area contributed by atoms with Crippen LogP contribution >= 0.6 is 0 Å². The van der Waals surface area contributed by atoms with E-state index in [1.165, 1.54) is 24.1 Å². The van der Waals surface area contributed by atoms with Crippen molar-refractivity contribution in [1.82, 2.24) is 14.8 Å². The number of carbonyl (C=O) groups is 1. The van der Waals surface area contributed by atoms with Crippen LogP contribution in [-0.2, 0) is 26.4 Å². The van der Waals surface area contributed by atoms with Gasteiger partial charge in [-0.15, -0.1) is 0 Å². The Morgan fingerprint density at radius 3 is 2.50 bits per heavy atom.